The van der Waals surface area contributed by atoms with Gasteiger partial charge in [-0.1, -0.05) is 6.07 Å². The Balaban J connectivity index is 1.41. The minimum Gasteiger partial charge on any atom is -0.454 e. The van der Waals surface area contributed by atoms with Crippen LogP contribution in [0.3, 0.4) is 0 Å². The molecule has 140 valence electrons. The fraction of sp³-hybridized carbons (Fsp3) is 0.167. The minimum atomic E-state index is -0.720. The van der Waals surface area contributed by atoms with Crippen molar-refractivity contribution in [3.05, 3.63) is 51.6 Å². The summed E-state index contributed by atoms with van der Waals surface area (Å²) in [7, 11) is 0. The summed E-state index contributed by atoms with van der Waals surface area (Å²) in [6.07, 6.45) is 0. The zero-order valence-corrected chi connectivity index (χ0v) is 16.1. The highest BCUT2D eigenvalue weighted by Crippen LogP contribution is 2.32. The van der Waals surface area contributed by atoms with Gasteiger partial charge in [-0.3, -0.25) is 14.4 Å². The Hall–Kier alpha value is -2.82. The number of rotatable bonds is 6. The highest BCUT2D eigenvalue weighted by Gasteiger charge is 2.17. The molecule has 0 atom stereocenters. The van der Waals surface area contributed by atoms with Gasteiger partial charge in [0, 0.05) is 14.8 Å². The summed E-state index contributed by atoms with van der Waals surface area (Å²) in [6, 6.07) is 11.9. The summed E-state index contributed by atoms with van der Waals surface area (Å²) in [6.45, 7) is -0.690. The van der Waals surface area contributed by atoms with Gasteiger partial charge >= 0.3 is 5.97 Å². The van der Waals surface area contributed by atoms with Crippen molar-refractivity contribution < 1.29 is 28.6 Å². The largest absolute Gasteiger partial charge is 0.454 e. The Kier molecular flexibility index (Phi) is 6.12. The first-order valence-electron chi connectivity index (χ1n) is 7.90. The van der Waals surface area contributed by atoms with Crippen LogP contribution in [-0.2, 0) is 14.3 Å². The van der Waals surface area contributed by atoms with E-state index in [2.05, 4.69) is 33.2 Å². The number of anilines is 1. The van der Waals surface area contributed by atoms with Crippen LogP contribution in [0.5, 0.6) is 11.5 Å². The molecule has 3 rings (SSSR count). The van der Waals surface area contributed by atoms with Gasteiger partial charge in [-0.05, 0) is 59.0 Å². The van der Waals surface area contributed by atoms with Gasteiger partial charge in [0.15, 0.2) is 18.1 Å². The lowest BCUT2D eigenvalue weighted by Gasteiger charge is -2.08. The number of nitrogens with one attached hydrogen (secondary N) is 2. The van der Waals surface area contributed by atoms with Crippen molar-refractivity contribution in [3.8, 4) is 11.5 Å². The van der Waals surface area contributed by atoms with Crippen molar-refractivity contribution in [2.24, 2.45) is 0 Å². The second kappa shape index (κ2) is 8.71. The van der Waals surface area contributed by atoms with E-state index >= 15 is 0 Å². The Bertz CT molecular complexity index is 886. The first-order valence-corrected chi connectivity index (χ1v) is 8.98. The summed E-state index contributed by atoms with van der Waals surface area (Å²) in [4.78, 5) is 35.6. The Labute approximate surface area is 168 Å². The molecule has 0 unspecified atom stereocenters. The van der Waals surface area contributed by atoms with Gasteiger partial charge in [0.1, 0.15) is 6.54 Å². The van der Waals surface area contributed by atoms with Crippen LogP contribution in [-0.4, -0.2) is 37.7 Å². The highest BCUT2D eigenvalue weighted by atomic mass is 127. The highest BCUT2D eigenvalue weighted by molar-refractivity contribution is 14.1. The Morgan fingerprint density at radius 1 is 1.07 bits per heavy atom. The average Bonchev–Trinajstić information content (AvgIpc) is 3.12. The van der Waals surface area contributed by atoms with E-state index in [0.29, 0.717) is 22.7 Å². The van der Waals surface area contributed by atoms with Crippen molar-refractivity contribution in [2.45, 2.75) is 0 Å². The number of hydrogen-bond acceptors (Lipinski definition) is 6. The van der Waals surface area contributed by atoms with Gasteiger partial charge < -0.3 is 24.8 Å². The summed E-state index contributed by atoms with van der Waals surface area (Å²) < 4.78 is 16.2. The first-order chi connectivity index (χ1) is 13.0. The van der Waals surface area contributed by atoms with Gasteiger partial charge in [0.2, 0.25) is 6.79 Å². The van der Waals surface area contributed by atoms with E-state index in [1.807, 2.05) is 6.07 Å². The van der Waals surface area contributed by atoms with E-state index < -0.39 is 24.4 Å². The van der Waals surface area contributed by atoms with Gasteiger partial charge in [0.25, 0.3) is 11.8 Å². The number of esters is 1. The molecule has 0 saturated heterocycles. The Morgan fingerprint density at radius 3 is 2.70 bits per heavy atom. The van der Waals surface area contributed by atoms with E-state index in [1.54, 1.807) is 30.3 Å². The van der Waals surface area contributed by atoms with Crippen molar-refractivity contribution in [3.63, 3.8) is 0 Å². The van der Waals surface area contributed by atoms with Gasteiger partial charge in [-0.25, -0.2) is 0 Å². The van der Waals surface area contributed by atoms with Crippen molar-refractivity contribution in [2.75, 3.05) is 25.3 Å². The molecule has 0 spiro atoms. The summed E-state index contributed by atoms with van der Waals surface area (Å²) in [5.41, 5.74) is 0.933. The number of fused-ring (bicyclic) bond motifs is 1. The maximum absolute atomic E-state index is 12.1. The van der Waals surface area contributed by atoms with Crippen molar-refractivity contribution in [1.82, 2.24) is 5.32 Å². The minimum absolute atomic E-state index is 0.108. The molecule has 0 radical (unpaired) electrons. The number of ether oxygens (including phenoxy) is 3. The quantitative estimate of drug-likeness (QED) is 0.482. The Morgan fingerprint density at radius 2 is 1.89 bits per heavy atom. The monoisotopic (exact) mass is 482 g/mol. The van der Waals surface area contributed by atoms with Crippen LogP contribution < -0.4 is 20.1 Å². The molecule has 1 heterocycles. The molecular formula is C18H15IN2O6. The summed E-state index contributed by atoms with van der Waals surface area (Å²) in [5.74, 6) is -0.620. The number of amides is 2. The molecule has 8 nitrogen and oxygen atoms in total. The summed E-state index contributed by atoms with van der Waals surface area (Å²) in [5, 5.41) is 5.05. The van der Waals surface area contributed by atoms with Crippen LogP contribution >= 0.6 is 22.6 Å². The van der Waals surface area contributed by atoms with Crippen LogP contribution in [0, 0.1) is 3.57 Å². The van der Waals surface area contributed by atoms with E-state index in [4.69, 9.17) is 14.2 Å². The lowest BCUT2D eigenvalue weighted by molar-refractivity contribution is -0.146. The molecular weight excluding hydrogens is 467 g/mol. The number of benzene rings is 2. The molecule has 2 N–H and O–H groups in total. The van der Waals surface area contributed by atoms with Crippen LogP contribution in [0.1, 0.15) is 10.4 Å². The van der Waals surface area contributed by atoms with Crippen LogP contribution in [0.15, 0.2) is 42.5 Å². The van der Waals surface area contributed by atoms with Gasteiger partial charge in [0.05, 0.1) is 0 Å². The summed E-state index contributed by atoms with van der Waals surface area (Å²) >= 11 is 2.12. The third-order valence-electron chi connectivity index (χ3n) is 3.50. The van der Waals surface area contributed by atoms with E-state index in [1.165, 1.54) is 6.07 Å². The molecule has 27 heavy (non-hydrogen) atoms. The smallest absolute Gasteiger partial charge is 0.325 e. The zero-order valence-electron chi connectivity index (χ0n) is 14.0. The predicted octanol–water partition coefficient (Wildman–Crippen LogP) is 1.93. The lowest BCUT2D eigenvalue weighted by atomic mass is 10.2. The first kappa shape index (κ1) is 19.0. The van der Waals surface area contributed by atoms with Crippen molar-refractivity contribution >= 4 is 46.1 Å². The molecule has 0 bridgehead atoms. The second-order valence-corrected chi connectivity index (χ2v) is 6.72. The predicted molar refractivity (Wildman–Crippen MR) is 104 cm³/mol. The molecule has 2 amide bonds. The third-order valence-corrected chi connectivity index (χ3v) is 4.17. The van der Waals surface area contributed by atoms with Crippen molar-refractivity contribution in [1.29, 1.82) is 0 Å². The molecule has 0 aliphatic carbocycles. The fourth-order valence-electron chi connectivity index (χ4n) is 2.25. The number of hydrogen-bond donors (Lipinski definition) is 2. The third kappa shape index (κ3) is 5.33. The zero-order chi connectivity index (χ0) is 19.2. The molecule has 1 aliphatic rings. The number of carbonyl (C=O) groups is 3. The normalized spacial score (nSPS) is 11.6. The van der Waals surface area contributed by atoms with E-state index in [-0.39, 0.29) is 13.3 Å². The van der Waals surface area contributed by atoms with E-state index in [9.17, 15) is 14.4 Å². The molecule has 0 aromatic heterocycles. The molecule has 2 aromatic rings. The topological polar surface area (TPSA) is 103 Å². The second-order valence-electron chi connectivity index (χ2n) is 5.47. The SMILES string of the molecule is O=C(COC(=O)CNC(=O)c1ccc2c(c1)OCO2)Nc1cccc(I)c1. The number of carbonyl (C=O) groups excluding carboxylic acids is 3. The van der Waals surface area contributed by atoms with Crippen LogP contribution in [0.2, 0.25) is 0 Å². The van der Waals surface area contributed by atoms with E-state index in [0.717, 1.165) is 3.57 Å². The van der Waals surface area contributed by atoms with Crippen LogP contribution in [0.25, 0.3) is 0 Å². The standard InChI is InChI=1S/C18H15IN2O6/c19-12-2-1-3-13(7-12)21-16(22)9-25-17(23)8-20-18(24)11-4-5-14-15(6-11)27-10-26-14/h1-7H,8-10H2,(H,20,24)(H,21,22). The fourth-order valence-corrected chi connectivity index (χ4v) is 2.80. The van der Waals surface area contributed by atoms with Gasteiger partial charge in [-0.15, -0.1) is 0 Å². The molecule has 9 heteroatoms. The molecule has 0 fully saturated rings. The lowest BCUT2D eigenvalue weighted by Crippen LogP contribution is -2.32. The maximum Gasteiger partial charge on any atom is 0.325 e. The van der Waals surface area contributed by atoms with Crippen LogP contribution in [0.4, 0.5) is 5.69 Å². The average molecular weight is 482 g/mol. The number of halogens is 1. The molecule has 2 aromatic carbocycles. The molecule has 0 saturated carbocycles. The molecule has 1 aliphatic heterocycles. The maximum atomic E-state index is 12.1. The van der Waals surface area contributed by atoms with Gasteiger partial charge in [-0.2, -0.15) is 0 Å².